The Hall–Kier alpha value is -2.35. The van der Waals surface area contributed by atoms with Crippen molar-refractivity contribution in [3.63, 3.8) is 0 Å². The summed E-state index contributed by atoms with van der Waals surface area (Å²) in [5, 5.41) is 12.0. The van der Waals surface area contributed by atoms with Gasteiger partial charge in [-0.05, 0) is 26.0 Å². The molecule has 0 saturated carbocycles. The molecule has 2 amide bonds. The quantitative estimate of drug-likeness (QED) is 0.833. The van der Waals surface area contributed by atoms with E-state index in [1.165, 1.54) is 4.90 Å². The third-order valence-electron chi connectivity index (χ3n) is 3.08. The lowest BCUT2D eigenvalue weighted by Crippen LogP contribution is -2.39. The molecule has 0 radical (unpaired) electrons. The van der Waals surface area contributed by atoms with Crippen LogP contribution in [0.25, 0.3) is 0 Å². The van der Waals surface area contributed by atoms with Crippen molar-refractivity contribution in [2.75, 3.05) is 5.32 Å². The van der Waals surface area contributed by atoms with Gasteiger partial charge in [0.1, 0.15) is 12.1 Å². The Morgan fingerprint density at radius 2 is 2.05 bits per heavy atom. The molecule has 98 valence electrons. The fraction of sp³-hybridized carbons (Fsp3) is 0.357. The van der Waals surface area contributed by atoms with Gasteiger partial charge in [0.25, 0.3) is 5.91 Å². The van der Waals surface area contributed by atoms with Crippen LogP contribution >= 0.6 is 0 Å². The van der Waals surface area contributed by atoms with Crippen molar-refractivity contribution < 1.29 is 9.59 Å². The molecule has 1 N–H and O–H groups in total. The first-order valence-corrected chi connectivity index (χ1v) is 6.16. The molecule has 1 aliphatic heterocycles. The Morgan fingerprint density at radius 3 is 2.63 bits per heavy atom. The molecule has 19 heavy (non-hydrogen) atoms. The van der Waals surface area contributed by atoms with E-state index in [-0.39, 0.29) is 24.3 Å². The number of nitrogens with one attached hydrogen (secondary N) is 1. The molecule has 1 saturated heterocycles. The summed E-state index contributed by atoms with van der Waals surface area (Å²) in [6, 6.07) is 8.28. The molecule has 1 aromatic carbocycles. The number of hydrogen-bond acceptors (Lipinski definition) is 4. The Labute approximate surface area is 111 Å². The minimum absolute atomic E-state index is 0.136. The van der Waals surface area contributed by atoms with E-state index in [1.54, 1.807) is 38.1 Å². The van der Waals surface area contributed by atoms with Crippen LogP contribution in [0.1, 0.15) is 25.8 Å². The Balaban J connectivity index is 2.20. The van der Waals surface area contributed by atoms with Crippen molar-refractivity contribution in [3.05, 3.63) is 29.8 Å². The number of amides is 2. The number of anilines is 1. The van der Waals surface area contributed by atoms with Crippen LogP contribution < -0.4 is 5.32 Å². The van der Waals surface area contributed by atoms with Crippen LogP contribution in [0.2, 0.25) is 0 Å². The first kappa shape index (κ1) is 13.1. The van der Waals surface area contributed by atoms with Gasteiger partial charge in [0.05, 0.1) is 17.7 Å². The number of likely N-dealkylation sites (tertiary alicyclic amines) is 1. The lowest BCUT2D eigenvalue weighted by atomic mass is 10.1. The van der Waals surface area contributed by atoms with E-state index < -0.39 is 6.04 Å². The zero-order valence-electron chi connectivity index (χ0n) is 10.9. The topological polar surface area (TPSA) is 73.2 Å². The molecule has 2 rings (SSSR count). The number of imide groups is 1. The zero-order valence-corrected chi connectivity index (χ0v) is 10.9. The second-order valence-corrected chi connectivity index (χ2v) is 4.75. The van der Waals surface area contributed by atoms with E-state index in [0.29, 0.717) is 11.3 Å². The summed E-state index contributed by atoms with van der Waals surface area (Å²) in [5.74, 6) is -0.403. The second kappa shape index (κ2) is 5.11. The van der Waals surface area contributed by atoms with Gasteiger partial charge in [-0.2, -0.15) is 5.26 Å². The SMILES string of the molecule is CC(C)N1C(=O)CC(Nc2ccccc2C#N)C1=O. The summed E-state index contributed by atoms with van der Waals surface area (Å²) in [4.78, 5) is 25.2. The van der Waals surface area contributed by atoms with Gasteiger partial charge in [0.2, 0.25) is 5.91 Å². The molecule has 1 atom stereocenters. The average molecular weight is 257 g/mol. The van der Waals surface area contributed by atoms with Crippen LogP contribution in [0, 0.1) is 11.3 Å². The molecule has 1 fully saturated rings. The summed E-state index contributed by atoms with van der Waals surface area (Å²) in [6.45, 7) is 3.61. The lowest BCUT2D eigenvalue weighted by molar-refractivity contribution is -0.140. The summed E-state index contributed by atoms with van der Waals surface area (Å²) < 4.78 is 0. The van der Waals surface area contributed by atoms with Gasteiger partial charge >= 0.3 is 0 Å². The highest BCUT2D eigenvalue weighted by molar-refractivity contribution is 6.07. The zero-order chi connectivity index (χ0) is 14.0. The maximum Gasteiger partial charge on any atom is 0.252 e. The molecule has 1 aromatic rings. The van der Waals surface area contributed by atoms with E-state index in [1.807, 2.05) is 0 Å². The minimum Gasteiger partial charge on any atom is -0.372 e. The molecule has 5 nitrogen and oxygen atoms in total. The number of nitrogens with zero attached hydrogens (tertiary/aromatic N) is 2. The first-order chi connectivity index (χ1) is 9.04. The van der Waals surface area contributed by atoms with E-state index in [2.05, 4.69) is 11.4 Å². The van der Waals surface area contributed by atoms with E-state index in [0.717, 1.165) is 0 Å². The fourth-order valence-electron chi connectivity index (χ4n) is 2.20. The van der Waals surface area contributed by atoms with E-state index in [9.17, 15) is 9.59 Å². The molecule has 0 aliphatic carbocycles. The molecule has 1 unspecified atom stereocenters. The molecule has 1 aliphatic rings. The van der Waals surface area contributed by atoms with Gasteiger partial charge < -0.3 is 5.32 Å². The van der Waals surface area contributed by atoms with Gasteiger partial charge in [-0.1, -0.05) is 12.1 Å². The van der Waals surface area contributed by atoms with E-state index in [4.69, 9.17) is 5.26 Å². The largest absolute Gasteiger partial charge is 0.372 e. The number of carbonyl (C=O) groups excluding carboxylic acids is 2. The van der Waals surface area contributed by atoms with Crippen molar-refractivity contribution in [1.29, 1.82) is 5.26 Å². The highest BCUT2D eigenvalue weighted by Crippen LogP contribution is 2.22. The molecule has 0 aromatic heterocycles. The fourth-order valence-corrected chi connectivity index (χ4v) is 2.20. The second-order valence-electron chi connectivity index (χ2n) is 4.75. The number of carbonyl (C=O) groups is 2. The van der Waals surface area contributed by atoms with Crippen LogP contribution in [-0.4, -0.2) is 28.8 Å². The molecular weight excluding hydrogens is 242 g/mol. The number of benzene rings is 1. The van der Waals surface area contributed by atoms with Crippen LogP contribution in [0.3, 0.4) is 0 Å². The Bertz CT molecular complexity index is 560. The Morgan fingerprint density at radius 1 is 1.37 bits per heavy atom. The van der Waals surface area contributed by atoms with Gasteiger partial charge in [-0.3, -0.25) is 14.5 Å². The number of hydrogen-bond donors (Lipinski definition) is 1. The lowest BCUT2D eigenvalue weighted by Gasteiger charge is -2.19. The minimum atomic E-state index is -0.579. The molecule has 0 bridgehead atoms. The van der Waals surface area contributed by atoms with Crippen molar-refractivity contribution in [2.45, 2.75) is 32.4 Å². The standard InChI is InChI=1S/C14H15N3O2/c1-9(2)17-13(18)7-12(14(17)19)16-11-6-4-3-5-10(11)8-15/h3-6,9,12,16H,7H2,1-2H3. The third kappa shape index (κ3) is 2.43. The van der Waals surface area contributed by atoms with Crippen LogP contribution in [0.4, 0.5) is 5.69 Å². The normalized spacial score (nSPS) is 18.8. The van der Waals surface area contributed by atoms with Gasteiger partial charge in [0, 0.05) is 6.04 Å². The van der Waals surface area contributed by atoms with E-state index >= 15 is 0 Å². The number of rotatable bonds is 3. The third-order valence-corrected chi connectivity index (χ3v) is 3.08. The van der Waals surface area contributed by atoms with Crippen molar-refractivity contribution in [2.24, 2.45) is 0 Å². The number of para-hydroxylation sites is 1. The van der Waals surface area contributed by atoms with Gasteiger partial charge in [-0.15, -0.1) is 0 Å². The number of nitriles is 1. The molecule has 5 heteroatoms. The highest BCUT2D eigenvalue weighted by Gasteiger charge is 2.39. The summed E-state index contributed by atoms with van der Waals surface area (Å²) >= 11 is 0. The predicted molar refractivity (Wildman–Crippen MR) is 70.2 cm³/mol. The van der Waals surface area contributed by atoms with Crippen LogP contribution in [-0.2, 0) is 9.59 Å². The van der Waals surface area contributed by atoms with Crippen molar-refractivity contribution >= 4 is 17.5 Å². The van der Waals surface area contributed by atoms with Crippen molar-refractivity contribution in [1.82, 2.24) is 4.90 Å². The van der Waals surface area contributed by atoms with Gasteiger partial charge in [-0.25, -0.2) is 0 Å². The van der Waals surface area contributed by atoms with Crippen molar-refractivity contribution in [3.8, 4) is 6.07 Å². The summed E-state index contributed by atoms with van der Waals surface area (Å²) in [6.07, 6.45) is 0.136. The smallest absolute Gasteiger partial charge is 0.252 e. The maximum atomic E-state index is 12.1. The maximum absolute atomic E-state index is 12.1. The Kier molecular flexibility index (Phi) is 3.52. The van der Waals surface area contributed by atoms with Gasteiger partial charge in [0.15, 0.2) is 0 Å². The highest BCUT2D eigenvalue weighted by atomic mass is 16.2. The molecular formula is C14H15N3O2. The predicted octanol–water partition coefficient (Wildman–Crippen LogP) is 1.51. The first-order valence-electron chi connectivity index (χ1n) is 6.16. The van der Waals surface area contributed by atoms with Crippen LogP contribution in [0.15, 0.2) is 24.3 Å². The molecule has 1 heterocycles. The average Bonchev–Trinajstić information content (AvgIpc) is 2.65. The summed E-state index contributed by atoms with van der Waals surface area (Å²) in [5.41, 5.74) is 1.05. The summed E-state index contributed by atoms with van der Waals surface area (Å²) in [7, 11) is 0. The van der Waals surface area contributed by atoms with Crippen LogP contribution in [0.5, 0.6) is 0 Å². The molecule has 0 spiro atoms. The monoisotopic (exact) mass is 257 g/mol.